The van der Waals surface area contributed by atoms with Crippen LogP contribution in [-0.4, -0.2) is 51.7 Å². The Hall–Kier alpha value is -1.65. The zero-order valence-corrected chi connectivity index (χ0v) is 22.3. The lowest BCUT2D eigenvalue weighted by Crippen LogP contribution is -2.42. The van der Waals surface area contributed by atoms with Gasteiger partial charge in [0.15, 0.2) is 15.8 Å². The van der Waals surface area contributed by atoms with Crippen molar-refractivity contribution in [3.05, 3.63) is 65.2 Å². The first kappa shape index (κ1) is 26.6. The van der Waals surface area contributed by atoms with E-state index in [1.54, 1.807) is 6.07 Å². The van der Waals surface area contributed by atoms with Gasteiger partial charge in [-0.05, 0) is 62.5 Å². The van der Waals surface area contributed by atoms with Crippen LogP contribution in [0.2, 0.25) is 0 Å². The first-order valence-electron chi connectivity index (χ1n) is 11.0. The van der Waals surface area contributed by atoms with E-state index >= 15 is 0 Å². The molecule has 1 fully saturated rings. The molecule has 1 unspecified atom stereocenters. The van der Waals surface area contributed by atoms with Crippen LogP contribution in [0.1, 0.15) is 42.5 Å². The van der Waals surface area contributed by atoms with Crippen LogP contribution in [0.25, 0.3) is 0 Å². The van der Waals surface area contributed by atoms with Crippen molar-refractivity contribution in [1.29, 1.82) is 0 Å². The standard InChI is InChI=1S/C24H34N4O2S.HI/c1-4-25-24(26-17-20-12-13-23(19(2)16-20)31(3,29)30)27-18-22(28-14-8-9-15-28)21-10-6-5-7-11-21;/h5-7,10-13,16,22H,4,8-9,14-15,17-18H2,1-3H3,(H2,25,26,27);1H. The lowest BCUT2D eigenvalue weighted by molar-refractivity contribution is 0.245. The first-order valence-corrected chi connectivity index (χ1v) is 12.9. The summed E-state index contributed by atoms with van der Waals surface area (Å²) in [4.78, 5) is 7.65. The van der Waals surface area contributed by atoms with Gasteiger partial charge in [0.25, 0.3) is 0 Å². The Morgan fingerprint density at radius 3 is 2.38 bits per heavy atom. The average molecular weight is 571 g/mol. The molecule has 8 heteroatoms. The number of guanidine groups is 1. The third kappa shape index (κ3) is 7.45. The minimum atomic E-state index is -3.21. The lowest BCUT2D eigenvalue weighted by atomic mass is 10.1. The van der Waals surface area contributed by atoms with Gasteiger partial charge in [0.1, 0.15) is 0 Å². The van der Waals surface area contributed by atoms with Gasteiger partial charge >= 0.3 is 0 Å². The zero-order chi connectivity index (χ0) is 22.3. The normalized spacial score (nSPS) is 15.8. The molecule has 2 aromatic rings. The predicted octanol–water partition coefficient (Wildman–Crippen LogP) is 3.91. The first-order chi connectivity index (χ1) is 14.9. The summed E-state index contributed by atoms with van der Waals surface area (Å²) in [6.45, 7) is 8.17. The van der Waals surface area contributed by atoms with Crippen molar-refractivity contribution in [3.63, 3.8) is 0 Å². The molecule has 2 aromatic carbocycles. The van der Waals surface area contributed by atoms with Crippen LogP contribution in [0.4, 0.5) is 0 Å². The van der Waals surface area contributed by atoms with E-state index in [2.05, 4.69) is 52.8 Å². The van der Waals surface area contributed by atoms with E-state index in [1.807, 2.05) is 19.1 Å². The van der Waals surface area contributed by atoms with E-state index in [9.17, 15) is 8.42 Å². The molecule has 1 saturated heterocycles. The Kier molecular flexibility index (Phi) is 10.4. The fraction of sp³-hybridized carbons (Fsp3) is 0.458. The van der Waals surface area contributed by atoms with Crippen molar-refractivity contribution in [3.8, 4) is 0 Å². The predicted molar refractivity (Wildman–Crippen MR) is 143 cm³/mol. The topological polar surface area (TPSA) is 73.8 Å². The van der Waals surface area contributed by atoms with Crippen molar-refractivity contribution >= 4 is 39.8 Å². The molecular weight excluding hydrogens is 535 g/mol. The SMILES string of the molecule is CCNC(=NCc1ccc(S(C)(=O)=O)c(C)c1)NCC(c1ccccc1)N1CCCC1.I. The maximum atomic E-state index is 11.8. The molecule has 0 spiro atoms. The van der Waals surface area contributed by atoms with Gasteiger partial charge in [0.05, 0.1) is 17.5 Å². The van der Waals surface area contributed by atoms with Crippen LogP contribution in [0.15, 0.2) is 58.4 Å². The molecule has 3 rings (SSSR count). The van der Waals surface area contributed by atoms with Crippen LogP contribution < -0.4 is 10.6 Å². The van der Waals surface area contributed by atoms with E-state index < -0.39 is 9.84 Å². The molecule has 2 N–H and O–H groups in total. The molecule has 0 bridgehead atoms. The van der Waals surface area contributed by atoms with Gasteiger partial charge in [-0.15, -0.1) is 24.0 Å². The number of aliphatic imine (C=N–C) groups is 1. The second-order valence-corrected chi connectivity index (χ2v) is 10.1. The molecule has 32 heavy (non-hydrogen) atoms. The van der Waals surface area contributed by atoms with Gasteiger partial charge in [0.2, 0.25) is 0 Å². The summed E-state index contributed by atoms with van der Waals surface area (Å²) < 4.78 is 23.7. The smallest absolute Gasteiger partial charge is 0.191 e. The third-order valence-corrected chi connectivity index (χ3v) is 6.89. The number of likely N-dealkylation sites (tertiary alicyclic amines) is 1. The highest BCUT2D eigenvalue weighted by Gasteiger charge is 2.23. The summed E-state index contributed by atoms with van der Waals surface area (Å²) in [7, 11) is -3.21. The maximum Gasteiger partial charge on any atom is 0.191 e. The molecule has 1 aliphatic heterocycles. The molecule has 0 amide bonds. The van der Waals surface area contributed by atoms with Crippen molar-refractivity contribution in [2.75, 3.05) is 32.4 Å². The van der Waals surface area contributed by atoms with Crippen molar-refractivity contribution in [1.82, 2.24) is 15.5 Å². The quantitative estimate of drug-likeness (QED) is 0.286. The van der Waals surface area contributed by atoms with Crippen molar-refractivity contribution in [2.24, 2.45) is 4.99 Å². The average Bonchev–Trinajstić information content (AvgIpc) is 3.26. The Morgan fingerprint density at radius 2 is 1.78 bits per heavy atom. The number of hydrogen-bond donors (Lipinski definition) is 2. The van der Waals surface area contributed by atoms with Crippen LogP contribution in [0.3, 0.4) is 0 Å². The van der Waals surface area contributed by atoms with E-state index in [0.717, 1.165) is 43.3 Å². The van der Waals surface area contributed by atoms with E-state index in [1.165, 1.54) is 24.7 Å². The molecule has 0 radical (unpaired) electrons. The number of hydrogen-bond acceptors (Lipinski definition) is 4. The van der Waals surface area contributed by atoms with Crippen LogP contribution in [0.5, 0.6) is 0 Å². The number of nitrogens with one attached hydrogen (secondary N) is 2. The summed E-state index contributed by atoms with van der Waals surface area (Å²) >= 11 is 0. The van der Waals surface area contributed by atoms with E-state index in [0.29, 0.717) is 17.5 Å². The van der Waals surface area contributed by atoms with Crippen LogP contribution in [0, 0.1) is 6.92 Å². The van der Waals surface area contributed by atoms with Crippen molar-refractivity contribution < 1.29 is 8.42 Å². The second-order valence-electron chi connectivity index (χ2n) is 8.12. The summed E-state index contributed by atoms with van der Waals surface area (Å²) in [6, 6.07) is 16.4. The Labute approximate surface area is 209 Å². The number of aryl methyl sites for hydroxylation is 1. The molecule has 176 valence electrons. The summed E-state index contributed by atoms with van der Waals surface area (Å²) in [5, 5.41) is 6.84. The van der Waals surface area contributed by atoms with Gasteiger partial charge in [-0.1, -0.05) is 42.5 Å². The Bertz CT molecular complexity index is 990. The second kappa shape index (κ2) is 12.6. The van der Waals surface area contributed by atoms with E-state index in [4.69, 9.17) is 4.99 Å². The highest BCUT2D eigenvalue weighted by Crippen LogP contribution is 2.24. The zero-order valence-electron chi connectivity index (χ0n) is 19.2. The molecule has 0 aromatic heterocycles. The van der Waals surface area contributed by atoms with Gasteiger partial charge < -0.3 is 10.6 Å². The summed E-state index contributed by atoms with van der Waals surface area (Å²) in [5.74, 6) is 0.771. The van der Waals surface area contributed by atoms with Crippen LogP contribution >= 0.6 is 24.0 Å². The lowest BCUT2D eigenvalue weighted by Gasteiger charge is -2.29. The highest BCUT2D eigenvalue weighted by atomic mass is 127. The fourth-order valence-corrected chi connectivity index (χ4v) is 5.08. The molecule has 6 nitrogen and oxygen atoms in total. The summed E-state index contributed by atoms with van der Waals surface area (Å²) in [5.41, 5.74) is 3.06. The largest absolute Gasteiger partial charge is 0.357 e. The molecular formula is C24H35IN4O2S. The van der Waals surface area contributed by atoms with Gasteiger partial charge in [-0.2, -0.15) is 0 Å². The highest BCUT2D eigenvalue weighted by molar-refractivity contribution is 14.0. The monoisotopic (exact) mass is 570 g/mol. The Balaban J connectivity index is 0.00000363. The molecule has 1 heterocycles. The number of nitrogens with zero attached hydrogens (tertiary/aromatic N) is 2. The molecule has 1 atom stereocenters. The van der Waals surface area contributed by atoms with Gasteiger partial charge in [0, 0.05) is 19.3 Å². The number of benzene rings is 2. The molecule has 0 aliphatic carbocycles. The minimum absolute atomic E-state index is 0. The van der Waals surface area contributed by atoms with Gasteiger partial charge in [-0.25, -0.2) is 13.4 Å². The molecule has 1 aliphatic rings. The van der Waals surface area contributed by atoms with E-state index in [-0.39, 0.29) is 24.0 Å². The number of rotatable bonds is 8. The van der Waals surface area contributed by atoms with Crippen molar-refractivity contribution in [2.45, 2.75) is 44.2 Å². The number of halogens is 1. The van der Waals surface area contributed by atoms with Crippen LogP contribution in [-0.2, 0) is 16.4 Å². The summed E-state index contributed by atoms with van der Waals surface area (Å²) in [6.07, 6.45) is 3.74. The van der Waals surface area contributed by atoms with Gasteiger partial charge in [-0.3, -0.25) is 4.90 Å². The third-order valence-electron chi connectivity index (χ3n) is 5.63. The fourth-order valence-electron chi connectivity index (χ4n) is 4.12. The Morgan fingerprint density at radius 1 is 1.09 bits per heavy atom. The maximum absolute atomic E-state index is 11.8. The molecule has 0 saturated carbocycles. The minimum Gasteiger partial charge on any atom is -0.357 e. The number of sulfone groups is 1.